The van der Waals surface area contributed by atoms with Crippen LogP contribution in [0, 0.1) is 11.6 Å². The Morgan fingerprint density at radius 1 is 1.05 bits per heavy atom. The molecule has 10 nitrogen and oxygen atoms in total. The smallest absolute Gasteiger partial charge is 0.255 e. The molecule has 1 amide bonds. The monoisotopic (exact) mass is 603 g/mol. The van der Waals surface area contributed by atoms with E-state index in [1.807, 2.05) is 0 Å². The summed E-state index contributed by atoms with van der Waals surface area (Å²) < 4.78 is 62.0. The molecular formula is C30H23F2N5O5S. The summed E-state index contributed by atoms with van der Waals surface area (Å²) in [5.41, 5.74) is 2.13. The van der Waals surface area contributed by atoms with E-state index in [4.69, 9.17) is 4.42 Å². The van der Waals surface area contributed by atoms with E-state index in [-0.39, 0.29) is 56.4 Å². The van der Waals surface area contributed by atoms with Crippen molar-refractivity contribution >= 4 is 43.5 Å². The summed E-state index contributed by atoms with van der Waals surface area (Å²) in [7, 11) is -2.34. The highest BCUT2D eigenvalue weighted by molar-refractivity contribution is 7.92. The minimum Gasteiger partial charge on any atom is -0.506 e. The summed E-state index contributed by atoms with van der Waals surface area (Å²) in [4.78, 5) is 24.5. The van der Waals surface area contributed by atoms with Crippen LogP contribution in [-0.2, 0) is 10.0 Å². The maximum atomic E-state index is 14.3. The third-order valence-corrected chi connectivity index (χ3v) is 8.23. The number of halogens is 2. The third kappa shape index (κ3) is 5.03. The van der Waals surface area contributed by atoms with Crippen LogP contribution in [0.15, 0.2) is 71.4 Å². The lowest BCUT2D eigenvalue weighted by Gasteiger charge is -2.13. The maximum Gasteiger partial charge on any atom is 0.255 e. The number of pyridine rings is 2. The van der Waals surface area contributed by atoms with E-state index in [1.54, 1.807) is 6.07 Å². The highest BCUT2D eigenvalue weighted by Crippen LogP contribution is 2.41. The van der Waals surface area contributed by atoms with Crippen molar-refractivity contribution < 1.29 is 31.5 Å². The lowest BCUT2D eigenvalue weighted by molar-refractivity contribution is 0.0964. The number of rotatable bonds is 7. The molecule has 0 fully saturated rings. The first-order valence-corrected chi connectivity index (χ1v) is 14.7. The Kier molecular flexibility index (Phi) is 6.81. The molecule has 4 N–H and O–H groups in total. The van der Waals surface area contributed by atoms with E-state index in [2.05, 4.69) is 25.0 Å². The molecular weight excluding hydrogens is 580 g/mol. The molecule has 4 aromatic heterocycles. The number of benzene rings is 2. The summed E-state index contributed by atoms with van der Waals surface area (Å²) in [6, 6.07) is 12.7. The molecule has 43 heavy (non-hydrogen) atoms. The highest BCUT2D eigenvalue weighted by Gasteiger charge is 2.25. The molecule has 0 spiro atoms. The van der Waals surface area contributed by atoms with Gasteiger partial charge in [0.2, 0.25) is 10.0 Å². The third-order valence-electron chi connectivity index (χ3n) is 6.94. The molecule has 0 bridgehead atoms. The van der Waals surface area contributed by atoms with Crippen LogP contribution >= 0.6 is 0 Å². The van der Waals surface area contributed by atoms with E-state index in [0.29, 0.717) is 22.2 Å². The predicted molar refractivity (Wildman–Crippen MR) is 158 cm³/mol. The Balaban J connectivity index is 1.60. The summed E-state index contributed by atoms with van der Waals surface area (Å²) in [6.45, 7) is 1.48. The molecule has 6 rings (SSSR count). The Morgan fingerprint density at radius 3 is 2.51 bits per heavy atom. The lowest BCUT2D eigenvalue weighted by atomic mass is 10.0. The number of carbonyl (C=O) groups excluding carboxylic acids is 1. The fourth-order valence-corrected chi connectivity index (χ4v) is 5.43. The molecule has 0 unspecified atom stereocenters. The van der Waals surface area contributed by atoms with Gasteiger partial charge in [-0.25, -0.2) is 22.2 Å². The van der Waals surface area contributed by atoms with Crippen LogP contribution in [0.2, 0.25) is 0 Å². The molecule has 2 aromatic carbocycles. The lowest BCUT2D eigenvalue weighted by Crippen LogP contribution is -2.18. The zero-order valence-corrected chi connectivity index (χ0v) is 23.5. The van der Waals surface area contributed by atoms with E-state index in [0.717, 1.165) is 6.20 Å². The standard InChI is InChI=1S/C30H23F2N5O5S/c1-3-43(40,41)37-22-12-26-19(27(30(39)33-2)29(42-26)15-4-6-16(31)7-5-15)10-18(22)21-8-9-25(38)28(36-21)23-11-17-20(32)13-34-14-24(17)35-23/h4-14,35,37-38H,3H2,1-2H3,(H,33,39). The van der Waals surface area contributed by atoms with E-state index in [1.165, 1.54) is 68.7 Å². The van der Waals surface area contributed by atoms with Gasteiger partial charge >= 0.3 is 0 Å². The minimum atomic E-state index is -3.79. The zero-order chi connectivity index (χ0) is 30.5. The second-order valence-corrected chi connectivity index (χ2v) is 11.6. The van der Waals surface area contributed by atoms with Crippen molar-refractivity contribution in [3.63, 3.8) is 0 Å². The number of aromatic amines is 1. The number of fused-ring (bicyclic) bond motifs is 2. The van der Waals surface area contributed by atoms with Gasteiger partial charge in [-0.15, -0.1) is 0 Å². The molecule has 0 saturated heterocycles. The molecule has 0 atom stereocenters. The number of anilines is 1. The highest BCUT2D eigenvalue weighted by atomic mass is 32.2. The van der Waals surface area contributed by atoms with Gasteiger partial charge in [-0.3, -0.25) is 14.5 Å². The van der Waals surface area contributed by atoms with Crippen molar-refractivity contribution in [1.82, 2.24) is 20.3 Å². The molecule has 0 saturated carbocycles. The van der Waals surface area contributed by atoms with Gasteiger partial charge in [-0.2, -0.15) is 0 Å². The normalized spacial score (nSPS) is 11.7. The van der Waals surface area contributed by atoms with Crippen LogP contribution in [0.3, 0.4) is 0 Å². The summed E-state index contributed by atoms with van der Waals surface area (Å²) >= 11 is 0. The number of nitrogens with one attached hydrogen (secondary N) is 3. The van der Waals surface area contributed by atoms with Crippen LogP contribution in [0.25, 0.3) is 55.8 Å². The van der Waals surface area contributed by atoms with Crippen molar-refractivity contribution in [3.8, 4) is 39.7 Å². The molecule has 0 aliphatic heterocycles. The molecule has 0 aliphatic rings. The van der Waals surface area contributed by atoms with E-state index < -0.39 is 27.6 Å². The number of sulfonamides is 1. The number of hydrogen-bond acceptors (Lipinski definition) is 7. The van der Waals surface area contributed by atoms with E-state index in [9.17, 15) is 27.1 Å². The van der Waals surface area contributed by atoms with Crippen LogP contribution in [-0.4, -0.2) is 47.2 Å². The maximum absolute atomic E-state index is 14.3. The number of aromatic nitrogens is 3. The first-order chi connectivity index (χ1) is 20.6. The van der Waals surface area contributed by atoms with Crippen molar-refractivity contribution in [1.29, 1.82) is 0 Å². The number of hydrogen-bond donors (Lipinski definition) is 4. The van der Waals surface area contributed by atoms with Crippen LogP contribution in [0.4, 0.5) is 14.5 Å². The van der Waals surface area contributed by atoms with Crippen molar-refractivity contribution in [3.05, 3.63) is 84.2 Å². The number of H-pyrrole nitrogens is 1. The number of aromatic hydroxyl groups is 1. The van der Waals surface area contributed by atoms with Gasteiger partial charge in [0.25, 0.3) is 5.91 Å². The number of furan rings is 1. The Hall–Kier alpha value is -5.30. The first kappa shape index (κ1) is 27.8. The molecule has 218 valence electrons. The topological polar surface area (TPSA) is 150 Å². The van der Waals surface area contributed by atoms with Crippen molar-refractivity contribution in [2.75, 3.05) is 17.5 Å². The van der Waals surface area contributed by atoms with Crippen molar-refractivity contribution in [2.45, 2.75) is 6.92 Å². The van der Waals surface area contributed by atoms with E-state index >= 15 is 0 Å². The average molecular weight is 604 g/mol. The van der Waals surface area contributed by atoms with Crippen molar-refractivity contribution in [2.24, 2.45) is 0 Å². The Bertz CT molecular complexity index is 2160. The quantitative estimate of drug-likeness (QED) is 0.180. The summed E-state index contributed by atoms with van der Waals surface area (Å²) in [6.07, 6.45) is 2.51. The molecule has 4 heterocycles. The fourth-order valence-electron chi connectivity index (χ4n) is 4.78. The molecule has 0 radical (unpaired) electrons. The van der Waals surface area contributed by atoms with Gasteiger partial charge in [0.05, 0.1) is 46.3 Å². The molecule has 13 heteroatoms. The summed E-state index contributed by atoms with van der Waals surface area (Å²) in [5, 5.41) is 13.9. The molecule has 6 aromatic rings. The fraction of sp³-hybridized carbons (Fsp3) is 0.100. The predicted octanol–water partition coefficient (Wildman–Crippen LogP) is 5.81. The molecule has 0 aliphatic carbocycles. The van der Waals surface area contributed by atoms with Gasteiger partial charge in [0.15, 0.2) is 5.82 Å². The van der Waals surface area contributed by atoms with Gasteiger partial charge in [0.1, 0.15) is 28.6 Å². The van der Waals surface area contributed by atoms with Gasteiger partial charge in [0, 0.05) is 35.0 Å². The number of carbonyl (C=O) groups is 1. The van der Waals surface area contributed by atoms with Crippen LogP contribution < -0.4 is 10.0 Å². The first-order valence-electron chi connectivity index (χ1n) is 13.0. The SMILES string of the molecule is CCS(=O)(=O)Nc1cc2oc(-c3ccc(F)cc3)c(C(=O)NC)c2cc1-c1ccc(O)c(-c2cc3c(F)cncc3[nH]2)n1. The second kappa shape index (κ2) is 10.5. The van der Waals surface area contributed by atoms with Gasteiger partial charge in [-0.05, 0) is 55.5 Å². The van der Waals surface area contributed by atoms with Crippen LogP contribution in [0.5, 0.6) is 5.75 Å². The minimum absolute atomic E-state index is 0.0724. The largest absolute Gasteiger partial charge is 0.506 e. The Morgan fingerprint density at radius 2 is 1.81 bits per heavy atom. The number of nitrogens with zero attached hydrogens (tertiary/aromatic N) is 2. The second-order valence-electron chi connectivity index (χ2n) is 9.62. The average Bonchev–Trinajstić information content (AvgIpc) is 3.59. The number of amides is 1. The Labute approximate surface area is 243 Å². The summed E-state index contributed by atoms with van der Waals surface area (Å²) in [5.74, 6) is -1.80. The van der Waals surface area contributed by atoms with Gasteiger partial charge < -0.3 is 19.8 Å². The van der Waals surface area contributed by atoms with Gasteiger partial charge in [-0.1, -0.05) is 0 Å². The zero-order valence-electron chi connectivity index (χ0n) is 22.7. The van der Waals surface area contributed by atoms with Crippen LogP contribution in [0.1, 0.15) is 17.3 Å².